The van der Waals surface area contributed by atoms with E-state index in [0.717, 1.165) is 14.1 Å². The maximum Gasteiger partial charge on any atom is 0.253 e. The second-order valence-corrected chi connectivity index (χ2v) is 7.68. The summed E-state index contributed by atoms with van der Waals surface area (Å²) in [7, 11) is 0. The van der Waals surface area contributed by atoms with Crippen LogP contribution in [0.3, 0.4) is 0 Å². The molecule has 2 rings (SSSR count). The van der Waals surface area contributed by atoms with Crippen LogP contribution in [-0.4, -0.2) is 36.8 Å². The van der Waals surface area contributed by atoms with Gasteiger partial charge in [-0.05, 0) is 37.9 Å². The van der Waals surface area contributed by atoms with Crippen molar-refractivity contribution in [1.29, 1.82) is 0 Å². The van der Waals surface area contributed by atoms with Crippen molar-refractivity contribution in [3.8, 4) is 0 Å². The molecule has 4 nitrogen and oxygen atoms in total. The Kier molecular flexibility index (Phi) is 6.57. The normalized spacial score (nSPS) is 22.6. The highest BCUT2D eigenvalue weighted by Crippen LogP contribution is 2.31. The van der Waals surface area contributed by atoms with Crippen molar-refractivity contribution in [3.05, 3.63) is 19.2 Å². The van der Waals surface area contributed by atoms with Gasteiger partial charge >= 0.3 is 0 Å². The molecule has 1 aromatic heterocycles. The molecule has 0 bridgehead atoms. The van der Waals surface area contributed by atoms with Gasteiger partial charge in [0.15, 0.2) is 0 Å². The van der Waals surface area contributed by atoms with E-state index in [9.17, 15) is 9.90 Å². The lowest BCUT2D eigenvalue weighted by Crippen LogP contribution is -2.34. The van der Waals surface area contributed by atoms with Gasteiger partial charge in [-0.3, -0.25) is 4.79 Å². The van der Waals surface area contributed by atoms with Gasteiger partial charge in [-0.2, -0.15) is 0 Å². The number of thiophene rings is 1. The van der Waals surface area contributed by atoms with Crippen molar-refractivity contribution in [2.24, 2.45) is 5.92 Å². The molecule has 2 atom stereocenters. The fourth-order valence-corrected chi connectivity index (χ4v) is 4.54. The van der Waals surface area contributed by atoms with E-state index >= 15 is 0 Å². The summed E-state index contributed by atoms with van der Waals surface area (Å²) >= 11 is 8.15. The highest BCUT2D eigenvalue weighted by molar-refractivity contribution is 9.12. The van der Waals surface area contributed by atoms with Crippen LogP contribution in [0.2, 0.25) is 0 Å². The summed E-state index contributed by atoms with van der Waals surface area (Å²) in [6.07, 6.45) is -0.368. The number of hydrogen-bond acceptors (Lipinski definition) is 4. The second-order valence-electron chi connectivity index (χ2n) is 3.93. The lowest BCUT2D eigenvalue weighted by atomic mass is 10.1. The molecular formula is C10H13Br2ClN2O2S. The number of hydrogen-bond donors (Lipinski definition) is 3. The predicted molar refractivity (Wildman–Crippen MR) is 81.7 cm³/mol. The predicted octanol–water partition coefficient (Wildman–Crippen LogP) is 2.00. The summed E-state index contributed by atoms with van der Waals surface area (Å²) in [6.45, 7) is 1.84. The Bertz CT molecular complexity index is 430. The Hall–Kier alpha value is 0.340. The number of nitrogens with one attached hydrogen (secondary N) is 2. The van der Waals surface area contributed by atoms with Gasteiger partial charge < -0.3 is 15.7 Å². The van der Waals surface area contributed by atoms with Crippen LogP contribution < -0.4 is 10.6 Å². The Morgan fingerprint density at radius 2 is 2.28 bits per heavy atom. The number of rotatable bonds is 3. The second kappa shape index (κ2) is 7.21. The first kappa shape index (κ1) is 16.4. The molecular weight excluding hydrogens is 407 g/mol. The number of carbonyl (C=O) groups excluding carboxylic acids is 1. The van der Waals surface area contributed by atoms with Crippen LogP contribution >= 0.6 is 55.6 Å². The number of aliphatic hydroxyl groups is 1. The zero-order chi connectivity index (χ0) is 12.4. The average Bonchev–Trinajstić information content (AvgIpc) is 2.81. The van der Waals surface area contributed by atoms with Crippen LogP contribution in [0.4, 0.5) is 0 Å². The molecule has 1 fully saturated rings. The van der Waals surface area contributed by atoms with Crippen LogP contribution in [0, 0.1) is 5.92 Å². The molecule has 2 heterocycles. The number of β-amino-alcohol motifs (C(OH)–C–C–N with tert-alkyl or cyclic N) is 1. The first-order valence-electron chi connectivity index (χ1n) is 5.19. The van der Waals surface area contributed by atoms with Crippen molar-refractivity contribution in [1.82, 2.24) is 10.6 Å². The highest BCUT2D eigenvalue weighted by atomic mass is 79.9. The fourth-order valence-electron chi connectivity index (χ4n) is 1.74. The van der Waals surface area contributed by atoms with Crippen molar-refractivity contribution in [3.63, 3.8) is 0 Å². The first-order valence-corrected chi connectivity index (χ1v) is 7.60. The SMILES string of the molecule is Cl.O=C(NCC1CNCC1O)c1cc(Br)sc1Br. The van der Waals surface area contributed by atoms with Crippen LogP contribution in [0.5, 0.6) is 0 Å². The van der Waals surface area contributed by atoms with Crippen molar-refractivity contribution in [2.75, 3.05) is 19.6 Å². The Morgan fingerprint density at radius 1 is 1.56 bits per heavy atom. The molecule has 1 saturated heterocycles. The van der Waals surface area contributed by atoms with Crippen molar-refractivity contribution < 1.29 is 9.90 Å². The third-order valence-corrected chi connectivity index (χ3v) is 5.07. The largest absolute Gasteiger partial charge is 0.391 e. The van der Waals surface area contributed by atoms with E-state index in [-0.39, 0.29) is 30.3 Å². The van der Waals surface area contributed by atoms with Gasteiger partial charge in [0, 0.05) is 25.6 Å². The minimum Gasteiger partial charge on any atom is -0.391 e. The van der Waals surface area contributed by atoms with E-state index in [0.29, 0.717) is 18.7 Å². The van der Waals surface area contributed by atoms with Gasteiger partial charge in [-0.25, -0.2) is 0 Å². The molecule has 102 valence electrons. The lowest BCUT2D eigenvalue weighted by molar-refractivity contribution is 0.0927. The number of carbonyl (C=O) groups is 1. The topological polar surface area (TPSA) is 61.4 Å². The molecule has 0 saturated carbocycles. The van der Waals surface area contributed by atoms with E-state index in [1.165, 1.54) is 11.3 Å². The number of amides is 1. The number of aliphatic hydroxyl groups excluding tert-OH is 1. The zero-order valence-corrected chi connectivity index (χ0v) is 14.1. The smallest absolute Gasteiger partial charge is 0.253 e. The van der Waals surface area contributed by atoms with Gasteiger partial charge in [-0.15, -0.1) is 23.7 Å². The maximum atomic E-state index is 11.9. The molecule has 0 spiro atoms. The monoisotopic (exact) mass is 418 g/mol. The molecule has 8 heteroatoms. The molecule has 0 aromatic carbocycles. The molecule has 0 aliphatic carbocycles. The highest BCUT2D eigenvalue weighted by Gasteiger charge is 2.25. The number of halogens is 3. The summed E-state index contributed by atoms with van der Waals surface area (Å²) < 4.78 is 1.73. The molecule has 1 aliphatic rings. The minimum absolute atomic E-state index is 0. The first-order chi connectivity index (χ1) is 8.08. The summed E-state index contributed by atoms with van der Waals surface area (Å²) in [6, 6.07) is 1.79. The minimum atomic E-state index is -0.368. The van der Waals surface area contributed by atoms with E-state index in [2.05, 4.69) is 42.5 Å². The lowest BCUT2D eigenvalue weighted by Gasteiger charge is -2.13. The van der Waals surface area contributed by atoms with Gasteiger partial charge in [0.1, 0.15) is 0 Å². The standard InChI is InChI=1S/C10H12Br2N2O2S.ClH/c11-8-1-6(9(12)17-8)10(16)14-3-5-2-13-4-7(5)15;/h1,5,7,13,15H,2-4H2,(H,14,16);1H. The summed E-state index contributed by atoms with van der Waals surface area (Å²) in [5, 5.41) is 15.5. The van der Waals surface area contributed by atoms with Crippen LogP contribution in [0.15, 0.2) is 13.6 Å². The molecule has 1 aromatic rings. The summed E-state index contributed by atoms with van der Waals surface area (Å²) in [5.74, 6) is -0.0160. The van der Waals surface area contributed by atoms with Gasteiger partial charge in [-0.1, -0.05) is 0 Å². The van der Waals surface area contributed by atoms with Gasteiger partial charge in [0.05, 0.1) is 19.2 Å². The van der Waals surface area contributed by atoms with Gasteiger partial charge in [0.2, 0.25) is 0 Å². The zero-order valence-electron chi connectivity index (χ0n) is 9.28. The molecule has 3 N–H and O–H groups in total. The third-order valence-electron chi connectivity index (χ3n) is 2.73. The Balaban J connectivity index is 0.00000162. The summed E-state index contributed by atoms with van der Waals surface area (Å²) in [5.41, 5.74) is 0.627. The maximum absolute atomic E-state index is 11.9. The van der Waals surface area contributed by atoms with Crippen molar-refractivity contribution in [2.45, 2.75) is 6.10 Å². The molecule has 0 radical (unpaired) electrons. The average molecular weight is 421 g/mol. The Labute approximate surface area is 132 Å². The summed E-state index contributed by atoms with van der Waals surface area (Å²) in [4.78, 5) is 11.9. The fraction of sp³-hybridized carbons (Fsp3) is 0.500. The third kappa shape index (κ3) is 3.91. The molecule has 18 heavy (non-hydrogen) atoms. The van der Waals surface area contributed by atoms with Crippen LogP contribution in [0.25, 0.3) is 0 Å². The van der Waals surface area contributed by atoms with Crippen LogP contribution in [-0.2, 0) is 0 Å². The van der Waals surface area contributed by atoms with Crippen molar-refractivity contribution >= 4 is 61.5 Å². The molecule has 1 aliphatic heterocycles. The molecule has 2 unspecified atom stereocenters. The molecule has 1 amide bonds. The van der Waals surface area contributed by atoms with E-state index in [1.54, 1.807) is 6.07 Å². The van der Waals surface area contributed by atoms with E-state index in [1.807, 2.05) is 0 Å². The Morgan fingerprint density at radius 3 is 2.78 bits per heavy atom. The van der Waals surface area contributed by atoms with Gasteiger partial charge in [0.25, 0.3) is 5.91 Å². The van der Waals surface area contributed by atoms with E-state index < -0.39 is 0 Å². The van der Waals surface area contributed by atoms with Crippen LogP contribution in [0.1, 0.15) is 10.4 Å². The quantitative estimate of drug-likeness (QED) is 0.701. The van der Waals surface area contributed by atoms with E-state index in [4.69, 9.17) is 0 Å².